The van der Waals surface area contributed by atoms with Crippen LogP contribution < -0.4 is 16.4 Å². The normalized spacial score (nSPS) is 18.2. The lowest BCUT2D eigenvalue weighted by molar-refractivity contribution is -0.145. The molecule has 1 aliphatic rings. The Morgan fingerprint density at radius 3 is 2.29 bits per heavy atom. The number of aliphatic carboxylic acids is 1. The number of hydrogen-bond acceptors (Lipinski definition) is 8. The largest absolute Gasteiger partial charge is 0.480 e. The van der Waals surface area contributed by atoms with Gasteiger partial charge in [0.25, 0.3) is 0 Å². The number of amides is 3. The number of carboxylic acids is 1. The number of carbonyl (C=O) groups is 4. The molecule has 14 nitrogen and oxygen atoms in total. The zero-order valence-corrected chi connectivity index (χ0v) is 18.3. The minimum atomic E-state index is -1.48. The molecule has 8 N–H and O–H groups in total. The van der Waals surface area contributed by atoms with E-state index in [1.165, 1.54) is 23.8 Å². The number of rotatable bonds is 11. The molecule has 0 aromatic carbocycles. The average molecular weight is 476 g/mol. The first-order valence-electron chi connectivity index (χ1n) is 10.7. The number of aliphatic hydroxyl groups is 1. The number of nitrogens with two attached hydrogens (primary N) is 1. The van der Waals surface area contributed by atoms with Crippen LogP contribution in [0.15, 0.2) is 25.0 Å². The Kier molecular flexibility index (Phi) is 8.32. The van der Waals surface area contributed by atoms with Crippen molar-refractivity contribution in [2.45, 2.75) is 49.9 Å². The molecule has 0 radical (unpaired) electrons. The number of aliphatic hydroxyl groups excluding tert-OH is 1. The molecule has 1 fully saturated rings. The van der Waals surface area contributed by atoms with Crippen molar-refractivity contribution in [1.29, 1.82) is 0 Å². The van der Waals surface area contributed by atoms with E-state index in [-0.39, 0.29) is 19.4 Å². The smallest absolute Gasteiger partial charge is 0.328 e. The summed E-state index contributed by atoms with van der Waals surface area (Å²) in [5.41, 5.74) is 7.26. The van der Waals surface area contributed by atoms with Crippen molar-refractivity contribution in [3.63, 3.8) is 0 Å². The number of aromatic amines is 2. The highest BCUT2D eigenvalue weighted by molar-refractivity contribution is 5.94. The quantitative estimate of drug-likeness (QED) is 0.179. The molecule has 0 bridgehead atoms. The van der Waals surface area contributed by atoms with Gasteiger partial charge in [-0.25, -0.2) is 14.8 Å². The molecule has 1 saturated heterocycles. The van der Waals surface area contributed by atoms with Crippen LogP contribution >= 0.6 is 0 Å². The van der Waals surface area contributed by atoms with E-state index in [1.54, 1.807) is 6.20 Å². The van der Waals surface area contributed by atoms with Crippen molar-refractivity contribution in [2.24, 2.45) is 5.73 Å². The lowest BCUT2D eigenvalue weighted by Crippen LogP contribution is -2.57. The summed E-state index contributed by atoms with van der Waals surface area (Å²) in [6, 6.07) is -4.40. The van der Waals surface area contributed by atoms with E-state index in [2.05, 4.69) is 30.6 Å². The number of likely N-dealkylation sites (tertiary alicyclic amines) is 1. The number of carbonyl (C=O) groups excluding carboxylic acids is 3. The maximum atomic E-state index is 13.4. The second-order valence-corrected chi connectivity index (χ2v) is 8.00. The fourth-order valence-electron chi connectivity index (χ4n) is 3.78. The molecule has 2 aromatic heterocycles. The van der Waals surface area contributed by atoms with Gasteiger partial charge in [-0.2, -0.15) is 0 Å². The number of hydrogen-bond donors (Lipinski definition) is 7. The Labute approximate surface area is 194 Å². The van der Waals surface area contributed by atoms with Crippen molar-refractivity contribution in [3.8, 4) is 0 Å². The minimum absolute atomic E-state index is 0.0839. The molecule has 4 atom stereocenters. The number of nitrogens with zero attached hydrogens (tertiary/aromatic N) is 3. The summed E-state index contributed by atoms with van der Waals surface area (Å²) >= 11 is 0. The zero-order chi connectivity index (χ0) is 24.7. The van der Waals surface area contributed by atoms with Crippen LogP contribution in [0.25, 0.3) is 0 Å². The number of H-pyrrole nitrogens is 2. The molecule has 0 aliphatic carbocycles. The van der Waals surface area contributed by atoms with Crippen LogP contribution in [-0.4, -0.2) is 96.1 Å². The summed E-state index contributed by atoms with van der Waals surface area (Å²) < 4.78 is 0. The van der Waals surface area contributed by atoms with Crippen LogP contribution in [0.2, 0.25) is 0 Å². The third-order valence-electron chi connectivity index (χ3n) is 5.56. The molecule has 184 valence electrons. The molecular weight excluding hydrogens is 448 g/mol. The Morgan fingerprint density at radius 1 is 1.09 bits per heavy atom. The van der Waals surface area contributed by atoms with Crippen LogP contribution in [0, 0.1) is 0 Å². The van der Waals surface area contributed by atoms with Gasteiger partial charge in [-0.15, -0.1) is 0 Å². The first-order chi connectivity index (χ1) is 16.3. The third-order valence-corrected chi connectivity index (χ3v) is 5.56. The van der Waals surface area contributed by atoms with Gasteiger partial charge in [0, 0.05) is 43.2 Å². The summed E-state index contributed by atoms with van der Waals surface area (Å²) in [5, 5.41) is 23.2. The first kappa shape index (κ1) is 24.9. The fourth-order valence-corrected chi connectivity index (χ4v) is 3.78. The molecule has 14 heteroatoms. The minimum Gasteiger partial charge on any atom is -0.480 e. The Bertz CT molecular complexity index is 979. The standard InChI is InChI=1S/C20H28N8O6/c21-13(4-11-6-22-9-24-11)17(30)26-14(5-12-7-23-10-25-12)19(32)28-3-1-2-16(28)18(31)27-15(8-29)20(33)34/h6-7,9-10,13-16,29H,1-5,8,21H2,(H,22,24)(H,23,25)(H,26,30)(H,27,31)(H,33,34). The highest BCUT2D eigenvalue weighted by Crippen LogP contribution is 2.20. The summed E-state index contributed by atoms with van der Waals surface area (Å²) in [5.74, 6) is -3.14. The van der Waals surface area contributed by atoms with Crippen molar-refractivity contribution < 1.29 is 29.4 Å². The van der Waals surface area contributed by atoms with E-state index in [1.807, 2.05) is 0 Å². The van der Waals surface area contributed by atoms with Crippen LogP contribution in [0.1, 0.15) is 24.2 Å². The summed E-state index contributed by atoms with van der Waals surface area (Å²) in [6.45, 7) is -0.530. The molecule has 1 aliphatic heterocycles. The monoisotopic (exact) mass is 476 g/mol. The van der Waals surface area contributed by atoms with E-state index < -0.39 is 54.5 Å². The van der Waals surface area contributed by atoms with Crippen LogP contribution in [0.5, 0.6) is 0 Å². The van der Waals surface area contributed by atoms with Crippen molar-refractivity contribution in [2.75, 3.05) is 13.2 Å². The molecule has 0 saturated carbocycles. The first-order valence-corrected chi connectivity index (χ1v) is 10.7. The van der Waals surface area contributed by atoms with Gasteiger partial charge in [-0.1, -0.05) is 0 Å². The van der Waals surface area contributed by atoms with E-state index in [0.29, 0.717) is 24.2 Å². The van der Waals surface area contributed by atoms with Crippen molar-refractivity contribution in [3.05, 3.63) is 36.4 Å². The molecule has 34 heavy (non-hydrogen) atoms. The third kappa shape index (κ3) is 6.17. The highest BCUT2D eigenvalue weighted by atomic mass is 16.4. The second kappa shape index (κ2) is 11.4. The molecule has 3 heterocycles. The van der Waals surface area contributed by atoms with Gasteiger partial charge in [-0.3, -0.25) is 14.4 Å². The number of imidazole rings is 2. The maximum Gasteiger partial charge on any atom is 0.328 e. The van der Waals surface area contributed by atoms with Crippen LogP contribution in [-0.2, 0) is 32.0 Å². The summed E-state index contributed by atoms with van der Waals surface area (Å²) in [6.07, 6.45) is 7.08. The second-order valence-electron chi connectivity index (χ2n) is 8.00. The number of carboxylic acid groups (broad SMARTS) is 1. The van der Waals surface area contributed by atoms with E-state index >= 15 is 0 Å². The Morgan fingerprint density at radius 2 is 1.74 bits per heavy atom. The fraction of sp³-hybridized carbons (Fsp3) is 0.500. The SMILES string of the molecule is NC(Cc1cnc[nH]1)C(=O)NC(Cc1cnc[nH]1)C(=O)N1CCCC1C(=O)NC(CO)C(=O)O. The van der Waals surface area contributed by atoms with Gasteiger partial charge in [0.2, 0.25) is 17.7 Å². The van der Waals surface area contributed by atoms with Gasteiger partial charge >= 0.3 is 5.97 Å². The van der Waals surface area contributed by atoms with Gasteiger partial charge in [-0.05, 0) is 12.8 Å². The summed E-state index contributed by atoms with van der Waals surface area (Å²) in [7, 11) is 0. The highest BCUT2D eigenvalue weighted by Gasteiger charge is 2.39. The van der Waals surface area contributed by atoms with Gasteiger partial charge in [0.1, 0.15) is 18.1 Å². The van der Waals surface area contributed by atoms with Crippen LogP contribution in [0.3, 0.4) is 0 Å². The van der Waals surface area contributed by atoms with E-state index in [0.717, 1.165) is 0 Å². The predicted octanol–water partition coefficient (Wildman–Crippen LogP) is -2.72. The van der Waals surface area contributed by atoms with Gasteiger partial charge < -0.3 is 41.4 Å². The maximum absolute atomic E-state index is 13.4. The lowest BCUT2D eigenvalue weighted by atomic mass is 10.1. The van der Waals surface area contributed by atoms with E-state index in [9.17, 15) is 24.3 Å². The topological polar surface area (TPSA) is 219 Å². The molecule has 4 unspecified atom stereocenters. The molecule has 3 rings (SSSR count). The van der Waals surface area contributed by atoms with E-state index in [4.69, 9.17) is 10.8 Å². The molecule has 3 amide bonds. The Hall–Kier alpha value is -3.78. The van der Waals surface area contributed by atoms with Gasteiger partial charge in [0.15, 0.2) is 0 Å². The molecular formula is C20H28N8O6. The van der Waals surface area contributed by atoms with Crippen LogP contribution in [0.4, 0.5) is 0 Å². The Balaban J connectivity index is 1.72. The van der Waals surface area contributed by atoms with Crippen molar-refractivity contribution >= 4 is 23.7 Å². The number of nitrogens with one attached hydrogen (secondary N) is 4. The molecule has 2 aromatic rings. The van der Waals surface area contributed by atoms with Crippen molar-refractivity contribution in [1.82, 2.24) is 35.5 Å². The average Bonchev–Trinajstić information content (AvgIpc) is 3.58. The number of aromatic nitrogens is 4. The van der Waals surface area contributed by atoms with Gasteiger partial charge in [0.05, 0.1) is 25.3 Å². The lowest BCUT2D eigenvalue weighted by Gasteiger charge is -2.29. The zero-order valence-electron chi connectivity index (χ0n) is 18.3. The predicted molar refractivity (Wildman–Crippen MR) is 116 cm³/mol. The molecule has 0 spiro atoms. The summed E-state index contributed by atoms with van der Waals surface area (Å²) in [4.78, 5) is 64.9.